The lowest BCUT2D eigenvalue weighted by Gasteiger charge is -2.20. The Labute approximate surface area is 134 Å². The van der Waals surface area contributed by atoms with Gasteiger partial charge in [-0.05, 0) is 56.3 Å². The highest BCUT2D eigenvalue weighted by Gasteiger charge is 2.16. The van der Waals surface area contributed by atoms with Gasteiger partial charge in [0.15, 0.2) is 0 Å². The molecule has 0 unspecified atom stereocenters. The number of nitrogens with zero attached hydrogens (tertiary/aromatic N) is 1. The Morgan fingerprint density at radius 1 is 1.10 bits per heavy atom. The molecular weight excluding hydrogens is 305 g/mol. The highest BCUT2D eigenvalue weighted by Crippen LogP contribution is 2.27. The van der Waals surface area contributed by atoms with Crippen molar-refractivity contribution in [2.24, 2.45) is 0 Å². The molecule has 3 nitrogen and oxygen atoms in total. The zero-order chi connectivity index (χ0) is 14.7. The molecule has 1 saturated heterocycles. The topological polar surface area (TPSA) is 40.7 Å². The lowest BCUT2D eigenvalue weighted by Crippen LogP contribution is -2.26. The van der Waals surface area contributed by atoms with Crippen LogP contribution < -0.4 is 5.32 Å². The van der Waals surface area contributed by atoms with Gasteiger partial charge in [0.25, 0.3) is 0 Å². The third kappa shape index (κ3) is 3.49. The first-order chi connectivity index (χ1) is 10.2. The summed E-state index contributed by atoms with van der Waals surface area (Å²) in [6.45, 7) is 2.15. The van der Waals surface area contributed by atoms with Gasteiger partial charge in [-0.2, -0.15) is 5.10 Å². The molecule has 110 valence electrons. The van der Waals surface area contributed by atoms with Crippen molar-refractivity contribution in [1.82, 2.24) is 15.5 Å². The SMILES string of the molecule is Clc1cccc(Cl)c1/C=C/c1cc(C2CCNCC2)[nH]n1. The van der Waals surface area contributed by atoms with E-state index in [1.807, 2.05) is 30.4 Å². The van der Waals surface area contributed by atoms with Crippen LogP contribution in [-0.4, -0.2) is 23.3 Å². The molecule has 1 aliphatic rings. The molecule has 2 heterocycles. The van der Waals surface area contributed by atoms with Gasteiger partial charge in [0.1, 0.15) is 0 Å². The third-order valence-corrected chi connectivity index (χ3v) is 4.48. The van der Waals surface area contributed by atoms with Crippen molar-refractivity contribution in [2.45, 2.75) is 18.8 Å². The van der Waals surface area contributed by atoms with Gasteiger partial charge in [-0.25, -0.2) is 0 Å². The number of hydrogen-bond acceptors (Lipinski definition) is 2. The summed E-state index contributed by atoms with van der Waals surface area (Å²) in [5, 5.41) is 12.2. The van der Waals surface area contributed by atoms with Crippen molar-refractivity contribution in [3.05, 3.63) is 51.3 Å². The molecule has 1 fully saturated rings. The average Bonchev–Trinajstić information content (AvgIpc) is 2.97. The van der Waals surface area contributed by atoms with E-state index in [2.05, 4.69) is 21.6 Å². The molecule has 0 bridgehead atoms. The summed E-state index contributed by atoms with van der Waals surface area (Å²) >= 11 is 12.3. The highest BCUT2D eigenvalue weighted by molar-refractivity contribution is 6.37. The highest BCUT2D eigenvalue weighted by atomic mass is 35.5. The molecule has 0 radical (unpaired) electrons. The number of nitrogens with one attached hydrogen (secondary N) is 2. The van der Waals surface area contributed by atoms with Crippen molar-refractivity contribution in [2.75, 3.05) is 13.1 Å². The predicted molar refractivity (Wildman–Crippen MR) is 88.8 cm³/mol. The van der Waals surface area contributed by atoms with Gasteiger partial charge in [0.2, 0.25) is 0 Å². The van der Waals surface area contributed by atoms with Crippen LogP contribution in [0.25, 0.3) is 12.2 Å². The van der Waals surface area contributed by atoms with Gasteiger partial charge < -0.3 is 5.32 Å². The molecule has 1 aromatic carbocycles. The Hall–Kier alpha value is -1.29. The van der Waals surface area contributed by atoms with Crippen molar-refractivity contribution in [1.29, 1.82) is 0 Å². The minimum Gasteiger partial charge on any atom is -0.317 e. The summed E-state index contributed by atoms with van der Waals surface area (Å²) in [6.07, 6.45) is 6.16. The Kier molecular flexibility index (Phi) is 4.63. The maximum atomic E-state index is 6.15. The van der Waals surface area contributed by atoms with Crippen LogP contribution in [0.4, 0.5) is 0 Å². The van der Waals surface area contributed by atoms with Gasteiger partial charge in [-0.1, -0.05) is 29.3 Å². The lowest BCUT2D eigenvalue weighted by molar-refractivity contribution is 0.453. The van der Waals surface area contributed by atoms with Crippen LogP contribution in [0.15, 0.2) is 24.3 Å². The maximum Gasteiger partial charge on any atom is 0.0851 e. The van der Waals surface area contributed by atoms with Crippen molar-refractivity contribution >= 4 is 35.4 Å². The average molecular weight is 322 g/mol. The summed E-state index contributed by atoms with van der Waals surface area (Å²) in [5.74, 6) is 0.574. The minimum atomic E-state index is 0.574. The molecular formula is C16H17Cl2N3. The van der Waals surface area contributed by atoms with Gasteiger partial charge in [0.05, 0.1) is 5.69 Å². The number of aromatic nitrogens is 2. The Balaban J connectivity index is 1.76. The molecule has 0 aliphatic carbocycles. The summed E-state index contributed by atoms with van der Waals surface area (Å²) < 4.78 is 0. The van der Waals surface area contributed by atoms with Crippen LogP contribution in [0.3, 0.4) is 0 Å². The number of hydrogen-bond donors (Lipinski definition) is 2. The summed E-state index contributed by atoms with van der Waals surface area (Å²) in [4.78, 5) is 0. The molecule has 5 heteroatoms. The van der Waals surface area contributed by atoms with Crippen molar-refractivity contribution < 1.29 is 0 Å². The second kappa shape index (κ2) is 6.65. The molecule has 2 N–H and O–H groups in total. The second-order valence-corrected chi connectivity index (χ2v) is 6.06. The fourth-order valence-electron chi connectivity index (χ4n) is 2.62. The normalized spacial score (nSPS) is 16.7. The van der Waals surface area contributed by atoms with E-state index in [-0.39, 0.29) is 0 Å². The maximum absolute atomic E-state index is 6.15. The van der Waals surface area contributed by atoms with E-state index in [1.165, 1.54) is 5.69 Å². The Bertz CT molecular complexity index is 622. The van der Waals surface area contributed by atoms with Crippen LogP contribution >= 0.6 is 23.2 Å². The Morgan fingerprint density at radius 2 is 1.81 bits per heavy atom. The van der Waals surface area contributed by atoms with Crippen molar-refractivity contribution in [3.63, 3.8) is 0 Å². The predicted octanol–water partition coefficient (Wildman–Crippen LogP) is 4.35. The smallest absolute Gasteiger partial charge is 0.0851 e. The monoisotopic (exact) mass is 321 g/mol. The number of piperidine rings is 1. The van der Waals surface area contributed by atoms with Crippen LogP contribution in [0.2, 0.25) is 10.0 Å². The number of halogens is 2. The largest absolute Gasteiger partial charge is 0.317 e. The molecule has 3 rings (SSSR count). The van der Waals surface area contributed by atoms with E-state index >= 15 is 0 Å². The van der Waals surface area contributed by atoms with E-state index in [0.717, 1.165) is 37.2 Å². The molecule has 1 aromatic heterocycles. The minimum absolute atomic E-state index is 0.574. The van der Waals surface area contributed by atoms with Crippen LogP contribution in [0, 0.1) is 0 Å². The van der Waals surface area contributed by atoms with E-state index in [4.69, 9.17) is 23.2 Å². The second-order valence-electron chi connectivity index (χ2n) is 5.24. The molecule has 0 spiro atoms. The molecule has 0 amide bonds. The van der Waals surface area contributed by atoms with Gasteiger partial charge in [0, 0.05) is 27.2 Å². The third-order valence-electron chi connectivity index (χ3n) is 3.82. The number of H-pyrrole nitrogens is 1. The van der Waals surface area contributed by atoms with Crippen LogP contribution in [0.1, 0.15) is 35.7 Å². The Morgan fingerprint density at radius 3 is 2.52 bits per heavy atom. The van der Waals surface area contributed by atoms with Gasteiger partial charge in [-0.15, -0.1) is 0 Å². The number of aromatic amines is 1. The summed E-state index contributed by atoms with van der Waals surface area (Å²) in [5.41, 5.74) is 2.94. The first-order valence-corrected chi connectivity index (χ1v) is 7.88. The van der Waals surface area contributed by atoms with E-state index < -0.39 is 0 Å². The van der Waals surface area contributed by atoms with Gasteiger partial charge >= 0.3 is 0 Å². The zero-order valence-electron chi connectivity index (χ0n) is 11.6. The summed E-state index contributed by atoms with van der Waals surface area (Å²) in [6, 6.07) is 7.61. The van der Waals surface area contributed by atoms with Crippen LogP contribution in [0.5, 0.6) is 0 Å². The molecule has 21 heavy (non-hydrogen) atoms. The molecule has 0 atom stereocenters. The van der Waals surface area contributed by atoms with Gasteiger partial charge in [-0.3, -0.25) is 5.10 Å². The van der Waals surface area contributed by atoms with Crippen LogP contribution in [-0.2, 0) is 0 Å². The standard InChI is InChI=1S/C16H17Cl2N3/c17-14-2-1-3-15(18)13(14)5-4-12-10-16(21-20-12)11-6-8-19-9-7-11/h1-5,10-11,19H,6-9H2,(H,20,21)/b5-4+. The quantitative estimate of drug-likeness (QED) is 0.882. The van der Waals surface area contributed by atoms with E-state index in [0.29, 0.717) is 16.0 Å². The first kappa shape index (κ1) is 14.6. The first-order valence-electron chi connectivity index (χ1n) is 7.12. The lowest BCUT2D eigenvalue weighted by atomic mass is 9.94. The number of benzene rings is 1. The fourth-order valence-corrected chi connectivity index (χ4v) is 3.14. The van der Waals surface area contributed by atoms with Crippen molar-refractivity contribution in [3.8, 4) is 0 Å². The number of rotatable bonds is 3. The molecule has 2 aromatic rings. The van der Waals surface area contributed by atoms with E-state index in [1.54, 1.807) is 0 Å². The summed E-state index contributed by atoms with van der Waals surface area (Å²) in [7, 11) is 0. The zero-order valence-corrected chi connectivity index (χ0v) is 13.1. The fraction of sp³-hybridized carbons (Fsp3) is 0.312. The molecule has 1 aliphatic heterocycles. The molecule has 0 saturated carbocycles. The van der Waals surface area contributed by atoms with E-state index in [9.17, 15) is 0 Å².